The van der Waals surface area contributed by atoms with E-state index in [0.29, 0.717) is 6.42 Å². The normalized spacial score (nSPS) is 13.2. The first kappa shape index (κ1) is 15.9. The number of unbranched alkanes of at least 4 members (excludes halogenated alkanes) is 3. The van der Waals surface area contributed by atoms with Crippen molar-refractivity contribution in [2.24, 2.45) is 5.41 Å². The van der Waals surface area contributed by atoms with Crippen molar-refractivity contribution in [3.8, 4) is 0 Å². The number of aliphatic carboxylic acids is 1. The second-order valence-electron chi connectivity index (χ2n) is 5.52. The molecule has 4 nitrogen and oxygen atoms in total. The zero-order valence-corrected chi connectivity index (χ0v) is 11.4. The van der Waals surface area contributed by atoms with Gasteiger partial charge in [-0.25, -0.2) is 4.79 Å². The number of rotatable bonds is 7. The molecule has 0 saturated heterocycles. The highest BCUT2D eigenvalue weighted by molar-refractivity contribution is 5.84. The van der Waals surface area contributed by atoms with Crippen LogP contribution in [0.4, 0.5) is 0 Å². The summed E-state index contributed by atoms with van der Waals surface area (Å²) in [6, 6.07) is -0.818. The van der Waals surface area contributed by atoms with Crippen molar-refractivity contribution in [2.45, 2.75) is 65.8 Å². The van der Waals surface area contributed by atoms with E-state index in [1.807, 2.05) is 20.8 Å². The number of amides is 1. The molecule has 0 aromatic carbocycles. The Morgan fingerprint density at radius 3 is 2.18 bits per heavy atom. The van der Waals surface area contributed by atoms with E-state index in [0.717, 1.165) is 25.7 Å². The Kier molecular flexibility index (Phi) is 6.85. The minimum atomic E-state index is -0.973. The number of carboxylic acid groups (broad SMARTS) is 1. The molecule has 2 N–H and O–H groups in total. The Hall–Kier alpha value is -1.06. The Morgan fingerprint density at radius 1 is 1.18 bits per heavy atom. The van der Waals surface area contributed by atoms with Crippen molar-refractivity contribution in [2.75, 3.05) is 0 Å². The molecular formula is C13H25NO3. The van der Waals surface area contributed by atoms with Crippen LogP contribution in [0.2, 0.25) is 0 Å². The summed E-state index contributed by atoms with van der Waals surface area (Å²) in [5.74, 6) is -1.14. The third-order valence-electron chi connectivity index (χ3n) is 2.68. The van der Waals surface area contributed by atoms with Crippen molar-refractivity contribution < 1.29 is 14.7 Å². The molecular weight excluding hydrogens is 218 g/mol. The zero-order chi connectivity index (χ0) is 13.5. The number of hydrogen-bond donors (Lipinski definition) is 2. The Balaban J connectivity index is 4.11. The molecule has 0 aliphatic heterocycles. The fourth-order valence-corrected chi connectivity index (χ4v) is 1.59. The third-order valence-corrected chi connectivity index (χ3v) is 2.68. The number of carboxylic acids is 1. The molecule has 4 heteroatoms. The molecule has 0 bridgehead atoms. The molecule has 0 unspecified atom stereocenters. The van der Waals surface area contributed by atoms with Crippen LogP contribution in [0.1, 0.15) is 59.8 Å². The van der Waals surface area contributed by atoms with Crippen LogP contribution in [0.5, 0.6) is 0 Å². The predicted molar refractivity (Wildman–Crippen MR) is 67.8 cm³/mol. The molecule has 0 radical (unpaired) electrons. The van der Waals surface area contributed by atoms with E-state index in [2.05, 4.69) is 12.2 Å². The summed E-state index contributed by atoms with van der Waals surface area (Å²) in [5.41, 5.74) is -0.467. The average molecular weight is 243 g/mol. The summed E-state index contributed by atoms with van der Waals surface area (Å²) in [6.07, 6.45) is 4.52. The van der Waals surface area contributed by atoms with Gasteiger partial charge in [0, 0.05) is 6.42 Å². The van der Waals surface area contributed by atoms with Gasteiger partial charge in [0.1, 0.15) is 6.04 Å². The van der Waals surface area contributed by atoms with Gasteiger partial charge in [-0.3, -0.25) is 4.79 Å². The largest absolute Gasteiger partial charge is 0.480 e. The van der Waals surface area contributed by atoms with Crippen LogP contribution in [0, 0.1) is 5.41 Å². The van der Waals surface area contributed by atoms with Crippen LogP contribution in [-0.2, 0) is 9.59 Å². The third kappa shape index (κ3) is 6.97. The number of nitrogens with one attached hydrogen (secondary N) is 1. The van der Waals surface area contributed by atoms with E-state index in [4.69, 9.17) is 5.11 Å². The van der Waals surface area contributed by atoms with Gasteiger partial charge in [-0.15, -0.1) is 0 Å². The molecule has 0 aromatic rings. The second kappa shape index (κ2) is 7.30. The van der Waals surface area contributed by atoms with Crippen LogP contribution < -0.4 is 5.32 Å². The Morgan fingerprint density at radius 2 is 1.76 bits per heavy atom. The lowest BCUT2D eigenvalue weighted by Gasteiger charge is -2.27. The SMILES string of the molecule is CCCCCCC(=O)N[C@H](C(=O)O)C(C)(C)C. The summed E-state index contributed by atoms with van der Waals surface area (Å²) in [6.45, 7) is 7.54. The first-order valence-electron chi connectivity index (χ1n) is 6.31. The highest BCUT2D eigenvalue weighted by atomic mass is 16.4. The standard InChI is InChI=1S/C13H25NO3/c1-5-6-7-8-9-10(15)14-11(12(16)17)13(2,3)4/h11H,5-9H2,1-4H3,(H,14,15)(H,16,17)/t11-/m1/s1. The maximum absolute atomic E-state index is 11.6. The van der Waals surface area contributed by atoms with E-state index >= 15 is 0 Å². The molecule has 0 aromatic heterocycles. The summed E-state index contributed by atoms with van der Waals surface area (Å²) in [4.78, 5) is 22.6. The molecule has 17 heavy (non-hydrogen) atoms. The van der Waals surface area contributed by atoms with Crippen molar-refractivity contribution in [3.05, 3.63) is 0 Å². The quantitative estimate of drug-likeness (QED) is 0.675. The van der Waals surface area contributed by atoms with Crippen LogP contribution in [0.3, 0.4) is 0 Å². The van der Waals surface area contributed by atoms with Crippen LogP contribution in [0.25, 0.3) is 0 Å². The monoisotopic (exact) mass is 243 g/mol. The van der Waals surface area contributed by atoms with Gasteiger partial charge in [0.05, 0.1) is 0 Å². The van der Waals surface area contributed by atoms with Crippen LogP contribution in [-0.4, -0.2) is 23.0 Å². The van der Waals surface area contributed by atoms with E-state index in [1.54, 1.807) is 0 Å². The molecule has 0 spiro atoms. The van der Waals surface area contributed by atoms with Gasteiger partial charge in [-0.1, -0.05) is 47.0 Å². The van der Waals surface area contributed by atoms with Gasteiger partial charge >= 0.3 is 5.97 Å². The molecule has 100 valence electrons. The van der Waals surface area contributed by atoms with Gasteiger partial charge in [0.15, 0.2) is 0 Å². The van der Waals surface area contributed by atoms with Gasteiger partial charge in [-0.2, -0.15) is 0 Å². The van der Waals surface area contributed by atoms with Gasteiger partial charge in [0.25, 0.3) is 0 Å². The fourth-order valence-electron chi connectivity index (χ4n) is 1.59. The Bertz CT molecular complexity index is 256. The van der Waals surface area contributed by atoms with E-state index in [-0.39, 0.29) is 5.91 Å². The molecule has 0 rings (SSSR count). The smallest absolute Gasteiger partial charge is 0.326 e. The van der Waals surface area contributed by atoms with Gasteiger partial charge in [0.2, 0.25) is 5.91 Å². The van der Waals surface area contributed by atoms with Crippen LogP contribution >= 0.6 is 0 Å². The van der Waals surface area contributed by atoms with Crippen molar-refractivity contribution in [1.82, 2.24) is 5.32 Å². The summed E-state index contributed by atoms with van der Waals surface area (Å²) < 4.78 is 0. The summed E-state index contributed by atoms with van der Waals surface area (Å²) in [7, 11) is 0. The van der Waals surface area contributed by atoms with Gasteiger partial charge < -0.3 is 10.4 Å². The molecule has 0 aliphatic rings. The number of hydrogen-bond acceptors (Lipinski definition) is 2. The molecule has 0 heterocycles. The fraction of sp³-hybridized carbons (Fsp3) is 0.846. The van der Waals surface area contributed by atoms with Gasteiger partial charge in [-0.05, 0) is 11.8 Å². The maximum Gasteiger partial charge on any atom is 0.326 e. The van der Waals surface area contributed by atoms with E-state index in [1.165, 1.54) is 0 Å². The highest BCUT2D eigenvalue weighted by Crippen LogP contribution is 2.19. The predicted octanol–water partition coefficient (Wildman–Crippen LogP) is 2.57. The first-order chi connectivity index (χ1) is 7.79. The van der Waals surface area contributed by atoms with Crippen molar-refractivity contribution >= 4 is 11.9 Å². The minimum Gasteiger partial charge on any atom is -0.480 e. The lowest BCUT2D eigenvalue weighted by molar-refractivity contribution is -0.144. The van der Waals surface area contributed by atoms with E-state index in [9.17, 15) is 9.59 Å². The second-order valence-corrected chi connectivity index (χ2v) is 5.52. The first-order valence-corrected chi connectivity index (χ1v) is 6.31. The van der Waals surface area contributed by atoms with Crippen molar-refractivity contribution in [1.29, 1.82) is 0 Å². The molecule has 1 atom stereocenters. The highest BCUT2D eigenvalue weighted by Gasteiger charge is 2.32. The lowest BCUT2D eigenvalue weighted by atomic mass is 9.86. The lowest BCUT2D eigenvalue weighted by Crippen LogP contribution is -2.49. The summed E-state index contributed by atoms with van der Waals surface area (Å²) in [5, 5.41) is 11.6. The summed E-state index contributed by atoms with van der Waals surface area (Å²) >= 11 is 0. The zero-order valence-electron chi connectivity index (χ0n) is 11.4. The topological polar surface area (TPSA) is 66.4 Å². The van der Waals surface area contributed by atoms with Crippen molar-refractivity contribution in [3.63, 3.8) is 0 Å². The van der Waals surface area contributed by atoms with Crippen LogP contribution in [0.15, 0.2) is 0 Å². The number of carbonyl (C=O) groups excluding carboxylic acids is 1. The van der Waals surface area contributed by atoms with E-state index < -0.39 is 17.4 Å². The Labute approximate surface area is 104 Å². The number of carbonyl (C=O) groups is 2. The maximum atomic E-state index is 11.6. The average Bonchev–Trinajstić information content (AvgIpc) is 2.19. The minimum absolute atomic E-state index is 0.163. The molecule has 1 amide bonds. The molecule has 0 saturated carbocycles. The molecule has 0 fully saturated rings. The molecule has 0 aliphatic carbocycles.